The lowest BCUT2D eigenvalue weighted by Gasteiger charge is -2.17. The Morgan fingerprint density at radius 3 is 2.70 bits per heavy atom. The third kappa shape index (κ3) is 4.72. The van der Waals surface area contributed by atoms with Crippen LogP contribution in [0, 0.1) is 0 Å². The molecule has 1 saturated carbocycles. The first-order valence-corrected chi connectivity index (χ1v) is 9.09. The number of amides is 1. The van der Waals surface area contributed by atoms with E-state index in [1.165, 1.54) is 31.0 Å². The number of carbonyl (C=O) groups excluding carboxylic acids is 1. The Morgan fingerprint density at radius 1 is 1.22 bits per heavy atom. The molecule has 1 fully saturated rings. The maximum absolute atomic E-state index is 11.9. The molecule has 3 rings (SSSR count). The van der Waals surface area contributed by atoms with Crippen molar-refractivity contribution in [1.82, 2.24) is 10.2 Å². The molecule has 1 N–H and O–H groups in total. The largest absolute Gasteiger partial charge is 0.416 e. The number of nitrogens with zero attached hydrogens (tertiary/aromatic N) is 2. The lowest BCUT2D eigenvalue weighted by atomic mass is 9.89. The summed E-state index contributed by atoms with van der Waals surface area (Å²) in [5.74, 6) is 1.21. The van der Waals surface area contributed by atoms with Gasteiger partial charge in [0.15, 0.2) is 0 Å². The van der Waals surface area contributed by atoms with Crippen LogP contribution in [-0.2, 0) is 4.79 Å². The van der Waals surface area contributed by atoms with E-state index in [0.29, 0.717) is 27.7 Å². The number of nitrogens with one attached hydrogen (secondary N) is 1. The fourth-order valence-electron chi connectivity index (χ4n) is 2.65. The standard InChI is InChI=1S/C16H18ClN3O2S/c17-12-6-8-13(9-7-12)18-14(21)10-23-16-20-19-15(22-16)11-4-2-1-3-5-11/h6-9,11H,1-5,10H2,(H,18,21). The molecule has 1 aliphatic carbocycles. The molecule has 7 heteroatoms. The number of carbonyl (C=O) groups is 1. The zero-order valence-corrected chi connectivity index (χ0v) is 14.2. The Balaban J connectivity index is 1.49. The van der Waals surface area contributed by atoms with Crippen LogP contribution in [0.5, 0.6) is 0 Å². The topological polar surface area (TPSA) is 68.0 Å². The van der Waals surface area contributed by atoms with E-state index < -0.39 is 0 Å². The molecule has 0 saturated heterocycles. The maximum atomic E-state index is 11.9. The van der Waals surface area contributed by atoms with Crippen molar-refractivity contribution in [3.8, 4) is 0 Å². The summed E-state index contributed by atoms with van der Waals surface area (Å²) in [7, 11) is 0. The van der Waals surface area contributed by atoms with Gasteiger partial charge >= 0.3 is 0 Å². The molecule has 0 radical (unpaired) electrons. The van der Waals surface area contributed by atoms with Crippen LogP contribution in [0.1, 0.15) is 43.9 Å². The molecular weight excluding hydrogens is 334 g/mol. The predicted octanol–water partition coefficient (Wildman–Crippen LogP) is 4.50. The number of anilines is 1. The average molecular weight is 352 g/mol. The zero-order valence-electron chi connectivity index (χ0n) is 12.6. The molecule has 0 spiro atoms. The minimum atomic E-state index is -0.116. The van der Waals surface area contributed by atoms with Gasteiger partial charge in [0.2, 0.25) is 11.8 Å². The van der Waals surface area contributed by atoms with Gasteiger partial charge in [0.25, 0.3) is 5.22 Å². The fraction of sp³-hybridized carbons (Fsp3) is 0.438. The summed E-state index contributed by atoms with van der Waals surface area (Å²) in [5, 5.41) is 12.1. The van der Waals surface area contributed by atoms with Crippen molar-refractivity contribution in [2.45, 2.75) is 43.2 Å². The second-order valence-electron chi connectivity index (χ2n) is 5.58. The average Bonchev–Trinajstić information content (AvgIpc) is 3.05. The quantitative estimate of drug-likeness (QED) is 0.803. The second kappa shape index (κ2) is 7.84. The Hall–Kier alpha value is -1.53. The van der Waals surface area contributed by atoms with E-state index in [-0.39, 0.29) is 11.7 Å². The van der Waals surface area contributed by atoms with Crippen molar-refractivity contribution >= 4 is 35.0 Å². The summed E-state index contributed by atoms with van der Waals surface area (Å²) < 4.78 is 5.68. The number of aromatic nitrogens is 2. The van der Waals surface area contributed by atoms with E-state index in [9.17, 15) is 4.79 Å². The number of hydrogen-bond acceptors (Lipinski definition) is 5. The van der Waals surface area contributed by atoms with Crippen LogP contribution in [0.25, 0.3) is 0 Å². The zero-order chi connectivity index (χ0) is 16.1. The maximum Gasteiger partial charge on any atom is 0.277 e. The van der Waals surface area contributed by atoms with Gasteiger partial charge < -0.3 is 9.73 Å². The van der Waals surface area contributed by atoms with Gasteiger partial charge in [-0.2, -0.15) is 0 Å². The van der Waals surface area contributed by atoms with Gasteiger partial charge in [0, 0.05) is 16.6 Å². The van der Waals surface area contributed by atoms with Gasteiger partial charge in [0.05, 0.1) is 5.75 Å². The second-order valence-corrected chi connectivity index (χ2v) is 6.95. The minimum absolute atomic E-state index is 0.116. The highest BCUT2D eigenvalue weighted by Crippen LogP contribution is 2.32. The van der Waals surface area contributed by atoms with Crippen molar-refractivity contribution in [2.24, 2.45) is 0 Å². The van der Waals surface area contributed by atoms with E-state index in [4.69, 9.17) is 16.0 Å². The molecule has 1 aliphatic rings. The van der Waals surface area contributed by atoms with Gasteiger partial charge in [-0.25, -0.2) is 0 Å². The van der Waals surface area contributed by atoms with Gasteiger partial charge in [-0.3, -0.25) is 4.79 Å². The number of halogens is 1. The van der Waals surface area contributed by atoms with Gasteiger partial charge in [0.1, 0.15) is 0 Å². The Kier molecular flexibility index (Phi) is 5.56. The highest BCUT2D eigenvalue weighted by atomic mass is 35.5. The number of thioether (sulfide) groups is 1. The first-order chi connectivity index (χ1) is 11.2. The number of benzene rings is 1. The molecule has 23 heavy (non-hydrogen) atoms. The van der Waals surface area contributed by atoms with Crippen LogP contribution in [-0.4, -0.2) is 21.9 Å². The monoisotopic (exact) mass is 351 g/mol. The summed E-state index contributed by atoms with van der Waals surface area (Å²) in [6, 6.07) is 7.00. The summed E-state index contributed by atoms with van der Waals surface area (Å²) >= 11 is 7.07. The van der Waals surface area contributed by atoms with Crippen LogP contribution in [0.15, 0.2) is 33.9 Å². The fourth-order valence-corrected chi connectivity index (χ4v) is 3.35. The summed E-state index contributed by atoms with van der Waals surface area (Å²) in [6.45, 7) is 0. The number of hydrogen-bond donors (Lipinski definition) is 1. The molecule has 1 heterocycles. The SMILES string of the molecule is O=C(CSc1nnc(C2CCCCC2)o1)Nc1ccc(Cl)cc1. The van der Waals surface area contributed by atoms with Crippen LogP contribution in [0.3, 0.4) is 0 Å². The highest BCUT2D eigenvalue weighted by molar-refractivity contribution is 7.99. The Labute approximate surface area is 144 Å². The van der Waals surface area contributed by atoms with E-state index in [1.54, 1.807) is 24.3 Å². The Bertz CT molecular complexity index is 654. The molecule has 1 aromatic carbocycles. The molecule has 0 atom stereocenters. The van der Waals surface area contributed by atoms with Gasteiger partial charge in [-0.1, -0.05) is 42.6 Å². The molecular formula is C16H18ClN3O2S. The van der Waals surface area contributed by atoms with E-state index in [1.807, 2.05) is 0 Å². The van der Waals surface area contributed by atoms with Gasteiger partial charge in [-0.05, 0) is 37.1 Å². The predicted molar refractivity (Wildman–Crippen MR) is 90.9 cm³/mol. The first kappa shape index (κ1) is 16.3. The molecule has 5 nitrogen and oxygen atoms in total. The van der Waals surface area contributed by atoms with Crippen LogP contribution < -0.4 is 5.32 Å². The molecule has 122 valence electrons. The summed E-state index contributed by atoms with van der Waals surface area (Å²) in [6.07, 6.45) is 5.96. The van der Waals surface area contributed by atoms with Crippen molar-refractivity contribution in [3.05, 3.63) is 35.2 Å². The van der Waals surface area contributed by atoms with E-state index in [2.05, 4.69) is 15.5 Å². The van der Waals surface area contributed by atoms with Crippen LogP contribution >= 0.6 is 23.4 Å². The molecule has 1 aromatic heterocycles. The van der Waals surface area contributed by atoms with Crippen LogP contribution in [0.4, 0.5) is 5.69 Å². The van der Waals surface area contributed by atoms with Crippen molar-refractivity contribution < 1.29 is 9.21 Å². The Morgan fingerprint density at radius 2 is 1.96 bits per heavy atom. The highest BCUT2D eigenvalue weighted by Gasteiger charge is 2.21. The molecule has 1 amide bonds. The van der Waals surface area contributed by atoms with Gasteiger partial charge in [-0.15, -0.1) is 10.2 Å². The lowest BCUT2D eigenvalue weighted by Crippen LogP contribution is -2.13. The summed E-state index contributed by atoms with van der Waals surface area (Å²) in [4.78, 5) is 11.9. The summed E-state index contributed by atoms with van der Waals surface area (Å²) in [5.41, 5.74) is 0.716. The molecule has 2 aromatic rings. The number of rotatable bonds is 5. The van der Waals surface area contributed by atoms with Crippen molar-refractivity contribution in [1.29, 1.82) is 0 Å². The lowest BCUT2D eigenvalue weighted by molar-refractivity contribution is -0.113. The van der Waals surface area contributed by atoms with Crippen LogP contribution in [0.2, 0.25) is 5.02 Å². The van der Waals surface area contributed by atoms with Crippen molar-refractivity contribution in [2.75, 3.05) is 11.1 Å². The molecule has 0 unspecified atom stereocenters. The van der Waals surface area contributed by atoms with E-state index in [0.717, 1.165) is 12.8 Å². The minimum Gasteiger partial charge on any atom is -0.416 e. The van der Waals surface area contributed by atoms with E-state index >= 15 is 0 Å². The molecule has 0 aliphatic heterocycles. The van der Waals surface area contributed by atoms with Crippen molar-refractivity contribution in [3.63, 3.8) is 0 Å². The third-order valence-electron chi connectivity index (χ3n) is 3.83. The smallest absolute Gasteiger partial charge is 0.277 e. The third-order valence-corrected chi connectivity index (χ3v) is 4.90. The molecule has 0 bridgehead atoms. The first-order valence-electron chi connectivity index (χ1n) is 7.72. The normalized spacial score (nSPS) is 15.5.